The summed E-state index contributed by atoms with van der Waals surface area (Å²) in [4.78, 5) is 12.0. The molecule has 1 unspecified atom stereocenters. The molecule has 122 valence electrons. The Hall–Kier alpha value is -2.33. The molecule has 0 aliphatic carbocycles. The summed E-state index contributed by atoms with van der Waals surface area (Å²) in [6.45, 7) is 5.79. The fraction of sp³-hybridized carbons (Fsp3) is 0.316. The molecule has 0 saturated heterocycles. The molecule has 4 nitrogen and oxygen atoms in total. The fourth-order valence-electron chi connectivity index (χ4n) is 2.36. The van der Waals surface area contributed by atoms with Crippen molar-refractivity contribution in [2.45, 2.75) is 33.3 Å². The van der Waals surface area contributed by atoms with Gasteiger partial charge in [0.05, 0.1) is 6.10 Å². The van der Waals surface area contributed by atoms with Crippen LogP contribution in [0.15, 0.2) is 42.5 Å². The minimum absolute atomic E-state index is 0.0521. The summed E-state index contributed by atoms with van der Waals surface area (Å²) in [7, 11) is 0. The highest BCUT2D eigenvalue weighted by molar-refractivity contribution is 5.93. The highest BCUT2D eigenvalue weighted by Crippen LogP contribution is 2.21. The first-order valence-electron chi connectivity index (χ1n) is 7.78. The van der Waals surface area contributed by atoms with Gasteiger partial charge in [0, 0.05) is 5.69 Å². The number of ether oxygens (including phenoxy) is 1. The topological polar surface area (TPSA) is 58.6 Å². The number of rotatable bonds is 6. The molecule has 2 aromatic carbocycles. The van der Waals surface area contributed by atoms with E-state index in [1.54, 1.807) is 12.1 Å². The summed E-state index contributed by atoms with van der Waals surface area (Å²) in [5, 5.41) is 12.6. The maximum Gasteiger partial charge on any atom is 0.262 e. The van der Waals surface area contributed by atoms with Gasteiger partial charge in [-0.15, -0.1) is 0 Å². The van der Waals surface area contributed by atoms with Crippen LogP contribution >= 0.6 is 0 Å². The average Bonchev–Trinajstić information content (AvgIpc) is 2.56. The second-order valence-electron chi connectivity index (χ2n) is 5.60. The van der Waals surface area contributed by atoms with E-state index in [2.05, 4.69) is 5.32 Å². The Morgan fingerprint density at radius 1 is 1.13 bits per heavy atom. The fourth-order valence-corrected chi connectivity index (χ4v) is 2.36. The Labute approximate surface area is 137 Å². The zero-order valence-corrected chi connectivity index (χ0v) is 13.8. The zero-order chi connectivity index (χ0) is 16.8. The highest BCUT2D eigenvalue weighted by Gasteiger charge is 2.09. The highest BCUT2D eigenvalue weighted by atomic mass is 16.5. The molecule has 0 aromatic heterocycles. The smallest absolute Gasteiger partial charge is 0.262 e. The summed E-state index contributed by atoms with van der Waals surface area (Å²) in [6.07, 6.45) is 0.203. The van der Waals surface area contributed by atoms with Crippen molar-refractivity contribution in [3.63, 3.8) is 0 Å². The van der Waals surface area contributed by atoms with E-state index in [0.29, 0.717) is 12.2 Å². The number of carbonyl (C=O) groups excluding carboxylic acids is 1. The summed E-state index contributed by atoms with van der Waals surface area (Å²) >= 11 is 0. The van der Waals surface area contributed by atoms with Crippen molar-refractivity contribution in [3.05, 3.63) is 59.2 Å². The van der Waals surface area contributed by atoms with Crippen LogP contribution in [0.5, 0.6) is 5.75 Å². The quantitative estimate of drug-likeness (QED) is 0.853. The predicted molar refractivity (Wildman–Crippen MR) is 91.7 cm³/mol. The van der Waals surface area contributed by atoms with Gasteiger partial charge in [-0.3, -0.25) is 4.79 Å². The van der Waals surface area contributed by atoms with E-state index in [0.717, 1.165) is 22.4 Å². The third kappa shape index (κ3) is 4.57. The number of benzene rings is 2. The van der Waals surface area contributed by atoms with Crippen LogP contribution in [0.4, 0.5) is 5.69 Å². The van der Waals surface area contributed by atoms with Crippen LogP contribution < -0.4 is 10.1 Å². The summed E-state index contributed by atoms with van der Waals surface area (Å²) in [5.74, 6) is 0.411. The van der Waals surface area contributed by atoms with Gasteiger partial charge in [0.15, 0.2) is 6.61 Å². The van der Waals surface area contributed by atoms with Gasteiger partial charge < -0.3 is 15.2 Å². The van der Waals surface area contributed by atoms with Crippen molar-refractivity contribution >= 4 is 11.6 Å². The van der Waals surface area contributed by atoms with Crippen LogP contribution in [0.2, 0.25) is 0 Å². The summed E-state index contributed by atoms with van der Waals surface area (Å²) in [6, 6.07) is 13.0. The van der Waals surface area contributed by atoms with E-state index < -0.39 is 6.10 Å². The van der Waals surface area contributed by atoms with Crippen molar-refractivity contribution < 1.29 is 14.6 Å². The molecule has 0 aliphatic heterocycles. The van der Waals surface area contributed by atoms with E-state index in [1.807, 2.05) is 51.1 Å². The number of carbonyl (C=O) groups is 1. The number of amides is 1. The number of para-hydroxylation sites is 1. The Morgan fingerprint density at radius 2 is 1.74 bits per heavy atom. The first kappa shape index (κ1) is 17.0. The molecule has 0 heterocycles. The molecule has 0 saturated carbocycles. The van der Waals surface area contributed by atoms with Crippen LogP contribution in [-0.4, -0.2) is 17.6 Å². The number of hydrogen-bond donors (Lipinski definition) is 2. The lowest BCUT2D eigenvalue weighted by Crippen LogP contribution is -2.21. The molecule has 0 bridgehead atoms. The van der Waals surface area contributed by atoms with Crippen molar-refractivity contribution in [1.29, 1.82) is 0 Å². The predicted octanol–water partition coefficient (Wildman–Crippen LogP) is 3.76. The molecular weight excluding hydrogens is 290 g/mol. The van der Waals surface area contributed by atoms with E-state index in [9.17, 15) is 9.90 Å². The minimum Gasteiger partial charge on any atom is -0.484 e. The minimum atomic E-state index is -0.462. The van der Waals surface area contributed by atoms with Crippen LogP contribution in [0.3, 0.4) is 0 Å². The number of anilines is 1. The van der Waals surface area contributed by atoms with E-state index in [-0.39, 0.29) is 12.5 Å². The standard InChI is InChI=1S/C19H23NO3/c1-4-17(21)15-8-10-16(11-9-15)23-12-18(22)20-19-13(2)6-5-7-14(19)3/h5-11,17,21H,4,12H2,1-3H3,(H,20,22). The van der Waals surface area contributed by atoms with Crippen molar-refractivity contribution in [2.24, 2.45) is 0 Å². The monoisotopic (exact) mass is 313 g/mol. The van der Waals surface area contributed by atoms with Crippen LogP contribution in [-0.2, 0) is 4.79 Å². The third-order valence-electron chi connectivity index (χ3n) is 3.77. The Morgan fingerprint density at radius 3 is 2.30 bits per heavy atom. The van der Waals surface area contributed by atoms with Gasteiger partial charge in [-0.05, 0) is 49.1 Å². The van der Waals surface area contributed by atoms with Gasteiger partial charge in [-0.2, -0.15) is 0 Å². The number of aliphatic hydroxyl groups is 1. The Bertz CT molecular complexity index is 645. The number of nitrogens with one attached hydrogen (secondary N) is 1. The van der Waals surface area contributed by atoms with Gasteiger partial charge in [0.25, 0.3) is 5.91 Å². The second kappa shape index (κ2) is 7.79. The Balaban J connectivity index is 1.92. The van der Waals surface area contributed by atoms with Crippen LogP contribution in [0, 0.1) is 13.8 Å². The molecule has 4 heteroatoms. The van der Waals surface area contributed by atoms with Gasteiger partial charge in [0.1, 0.15) is 5.75 Å². The van der Waals surface area contributed by atoms with Crippen molar-refractivity contribution in [1.82, 2.24) is 0 Å². The number of aryl methyl sites for hydroxylation is 2. The third-order valence-corrected chi connectivity index (χ3v) is 3.77. The maximum absolute atomic E-state index is 12.0. The largest absolute Gasteiger partial charge is 0.484 e. The molecule has 0 spiro atoms. The summed E-state index contributed by atoms with van der Waals surface area (Å²) < 4.78 is 5.49. The lowest BCUT2D eigenvalue weighted by atomic mass is 10.1. The molecule has 0 radical (unpaired) electrons. The molecule has 2 N–H and O–H groups in total. The zero-order valence-electron chi connectivity index (χ0n) is 13.8. The molecule has 0 fully saturated rings. The van der Waals surface area contributed by atoms with Gasteiger partial charge in [0.2, 0.25) is 0 Å². The van der Waals surface area contributed by atoms with E-state index in [1.165, 1.54) is 0 Å². The number of hydrogen-bond acceptors (Lipinski definition) is 3. The van der Waals surface area contributed by atoms with Crippen molar-refractivity contribution in [2.75, 3.05) is 11.9 Å². The lowest BCUT2D eigenvalue weighted by Gasteiger charge is -2.13. The average molecular weight is 313 g/mol. The van der Waals surface area contributed by atoms with Crippen molar-refractivity contribution in [3.8, 4) is 5.75 Å². The molecule has 1 amide bonds. The molecule has 2 aromatic rings. The number of aliphatic hydroxyl groups excluding tert-OH is 1. The lowest BCUT2D eigenvalue weighted by molar-refractivity contribution is -0.118. The second-order valence-corrected chi connectivity index (χ2v) is 5.60. The van der Waals surface area contributed by atoms with Crippen LogP contribution in [0.1, 0.15) is 36.1 Å². The van der Waals surface area contributed by atoms with E-state index in [4.69, 9.17) is 4.74 Å². The normalized spacial score (nSPS) is 11.8. The SMILES string of the molecule is CCC(O)c1ccc(OCC(=O)Nc2c(C)cccc2C)cc1. The molecule has 0 aliphatic rings. The summed E-state index contributed by atoms with van der Waals surface area (Å²) in [5.41, 5.74) is 3.73. The molecule has 2 rings (SSSR count). The van der Waals surface area contributed by atoms with Crippen LogP contribution in [0.25, 0.3) is 0 Å². The Kier molecular flexibility index (Phi) is 5.77. The molecule has 1 atom stereocenters. The van der Waals surface area contributed by atoms with Gasteiger partial charge >= 0.3 is 0 Å². The van der Waals surface area contributed by atoms with E-state index >= 15 is 0 Å². The first-order valence-corrected chi connectivity index (χ1v) is 7.78. The van der Waals surface area contributed by atoms with Gasteiger partial charge in [-0.1, -0.05) is 37.3 Å². The maximum atomic E-state index is 12.0. The molecular formula is C19H23NO3. The van der Waals surface area contributed by atoms with Gasteiger partial charge in [-0.25, -0.2) is 0 Å². The first-order chi connectivity index (χ1) is 11.0. The molecule has 23 heavy (non-hydrogen) atoms.